The maximum absolute atomic E-state index is 11.3. The van der Waals surface area contributed by atoms with Gasteiger partial charge in [-0.25, -0.2) is 8.42 Å². The van der Waals surface area contributed by atoms with Crippen molar-refractivity contribution in [3.8, 4) is 0 Å². The third-order valence-electron chi connectivity index (χ3n) is 2.77. The van der Waals surface area contributed by atoms with Gasteiger partial charge in [-0.15, -0.1) is 0 Å². The minimum absolute atomic E-state index is 0.101. The summed E-state index contributed by atoms with van der Waals surface area (Å²) in [5.74, 6) is 1.01. The number of aliphatic imine (C=N–C) groups is 1. The van der Waals surface area contributed by atoms with E-state index in [0.717, 1.165) is 16.5 Å². The van der Waals surface area contributed by atoms with Crippen LogP contribution in [0.5, 0.6) is 0 Å². The predicted octanol–water partition coefficient (Wildman–Crippen LogP) is 2.06. The Balaban J connectivity index is 2.03. The summed E-state index contributed by atoms with van der Waals surface area (Å²) in [6, 6.07) is 6.88. The van der Waals surface area contributed by atoms with Crippen LogP contribution in [0.4, 0.5) is 0 Å². The van der Waals surface area contributed by atoms with E-state index in [2.05, 4.69) is 24.2 Å². The fraction of sp³-hybridized carbons (Fsp3) is 0.462. The van der Waals surface area contributed by atoms with E-state index in [4.69, 9.17) is 0 Å². The largest absolute Gasteiger partial charge is 0.359 e. The van der Waals surface area contributed by atoms with E-state index in [1.165, 1.54) is 6.26 Å². The summed E-state index contributed by atoms with van der Waals surface area (Å²) < 4.78 is 22.7. The van der Waals surface area contributed by atoms with Crippen LogP contribution in [-0.2, 0) is 16.4 Å². The summed E-state index contributed by atoms with van der Waals surface area (Å²) >= 11 is 1.72. The first-order chi connectivity index (χ1) is 8.76. The zero-order valence-corrected chi connectivity index (χ0v) is 12.9. The number of sulfone groups is 1. The topological polar surface area (TPSA) is 58.5 Å². The molecule has 0 bridgehead atoms. The van der Waals surface area contributed by atoms with Crippen molar-refractivity contribution >= 4 is 26.8 Å². The van der Waals surface area contributed by atoms with Crippen molar-refractivity contribution in [2.24, 2.45) is 4.99 Å². The average Bonchev–Trinajstić information content (AvgIpc) is 2.66. The van der Waals surface area contributed by atoms with Crippen LogP contribution in [0.1, 0.15) is 19.4 Å². The molecule has 0 unspecified atom stereocenters. The molecule has 0 amide bonds. The van der Waals surface area contributed by atoms with Crippen LogP contribution in [0.15, 0.2) is 34.2 Å². The molecule has 0 aliphatic carbocycles. The minimum atomic E-state index is -3.12. The molecule has 1 fully saturated rings. The van der Waals surface area contributed by atoms with E-state index in [9.17, 15) is 8.42 Å². The lowest BCUT2D eigenvalue weighted by molar-refractivity contribution is 0.536. The first-order valence-electron chi connectivity index (χ1n) is 6.01. The Hall–Kier alpha value is -1.01. The highest BCUT2D eigenvalue weighted by Crippen LogP contribution is 2.22. The maximum atomic E-state index is 11.3. The van der Waals surface area contributed by atoms with Gasteiger partial charge in [0.15, 0.2) is 15.0 Å². The molecule has 0 aromatic heterocycles. The number of benzene rings is 1. The highest BCUT2D eigenvalue weighted by atomic mass is 32.2. The zero-order valence-electron chi connectivity index (χ0n) is 11.3. The Bertz CT molecular complexity index is 590. The van der Waals surface area contributed by atoms with Gasteiger partial charge in [-0.05, 0) is 31.5 Å². The molecule has 1 heterocycles. The lowest BCUT2D eigenvalue weighted by Crippen LogP contribution is -2.36. The third-order valence-corrected chi connectivity index (χ3v) is 5.27. The number of nitrogens with one attached hydrogen (secondary N) is 1. The molecular formula is C13H18N2O2S2. The summed E-state index contributed by atoms with van der Waals surface area (Å²) in [5.41, 5.74) is 1.11. The Labute approximate surface area is 118 Å². The smallest absolute Gasteiger partial charge is 0.175 e. The first kappa shape index (κ1) is 14.4. The van der Waals surface area contributed by atoms with E-state index in [1.54, 1.807) is 23.9 Å². The molecule has 2 rings (SSSR count). The molecule has 0 saturated carbocycles. The summed E-state index contributed by atoms with van der Waals surface area (Å²) in [7, 11) is -3.12. The Morgan fingerprint density at radius 1 is 1.32 bits per heavy atom. The second-order valence-corrected chi connectivity index (χ2v) is 8.31. The fourth-order valence-corrected chi connectivity index (χ4v) is 3.41. The Morgan fingerprint density at radius 2 is 1.95 bits per heavy atom. The average molecular weight is 298 g/mol. The van der Waals surface area contributed by atoms with Crippen molar-refractivity contribution in [2.75, 3.05) is 12.0 Å². The molecule has 1 saturated heterocycles. The molecule has 104 valence electrons. The molecule has 0 radical (unpaired) electrons. The first-order valence-corrected chi connectivity index (χ1v) is 8.88. The molecule has 4 nitrogen and oxygen atoms in total. The molecule has 1 aromatic rings. The van der Waals surface area contributed by atoms with Crippen molar-refractivity contribution < 1.29 is 8.42 Å². The predicted molar refractivity (Wildman–Crippen MR) is 80.4 cm³/mol. The number of thioether (sulfide) groups is 1. The van der Waals surface area contributed by atoms with Gasteiger partial charge in [-0.1, -0.05) is 23.9 Å². The zero-order chi connectivity index (χ0) is 14.1. The molecule has 0 atom stereocenters. The van der Waals surface area contributed by atoms with E-state index >= 15 is 0 Å². The lowest BCUT2D eigenvalue weighted by Gasteiger charge is -2.15. The normalized spacial score (nSPS) is 20.5. The van der Waals surface area contributed by atoms with Gasteiger partial charge in [0.1, 0.15) is 0 Å². The molecule has 1 aliphatic rings. The van der Waals surface area contributed by atoms with Crippen LogP contribution in [0.2, 0.25) is 0 Å². The highest BCUT2D eigenvalue weighted by Gasteiger charge is 2.26. The van der Waals surface area contributed by atoms with Gasteiger partial charge < -0.3 is 5.32 Å². The quantitative estimate of drug-likeness (QED) is 0.928. The van der Waals surface area contributed by atoms with Gasteiger partial charge in [-0.3, -0.25) is 4.99 Å². The van der Waals surface area contributed by atoms with E-state index < -0.39 is 9.84 Å². The van der Waals surface area contributed by atoms with Crippen LogP contribution in [0.25, 0.3) is 0 Å². The van der Waals surface area contributed by atoms with Crippen molar-refractivity contribution in [1.29, 1.82) is 0 Å². The van der Waals surface area contributed by atoms with Crippen LogP contribution >= 0.6 is 11.8 Å². The molecule has 6 heteroatoms. The number of amidine groups is 1. The summed E-state index contributed by atoms with van der Waals surface area (Å²) in [6.45, 7) is 4.85. The molecule has 1 N–H and O–H groups in total. The van der Waals surface area contributed by atoms with Gasteiger partial charge in [0.25, 0.3) is 0 Å². The highest BCUT2D eigenvalue weighted by molar-refractivity contribution is 8.14. The van der Waals surface area contributed by atoms with Gasteiger partial charge in [-0.2, -0.15) is 0 Å². The Morgan fingerprint density at radius 3 is 2.42 bits per heavy atom. The van der Waals surface area contributed by atoms with Gasteiger partial charge in [0.05, 0.1) is 11.4 Å². The van der Waals surface area contributed by atoms with E-state index in [-0.39, 0.29) is 5.54 Å². The van der Waals surface area contributed by atoms with Crippen LogP contribution < -0.4 is 5.32 Å². The van der Waals surface area contributed by atoms with Crippen molar-refractivity contribution in [3.63, 3.8) is 0 Å². The number of hydrogen-bond donors (Lipinski definition) is 1. The van der Waals surface area contributed by atoms with Gasteiger partial charge in [0, 0.05) is 17.5 Å². The van der Waals surface area contributed by atoms with E-state index in [0.29, 0.717) is 11.4 Å². The van der Waals surface area contributed by atoms with Gasteiger partial charge in [0.2, 0.25) is 0 Å². The number of rotatable bonds is 3. The standard InChI is InChI=1S/C13H18N2O2S2/c1-13(2)9-18-12(15-13)14-8-10-4-6-11(7-5-10)19(3,16)17/h4-7H,8-9H2,1-3H3,(H,14,15). The summed E-state index contributed by atoms with van der Waals surface area (Å²) in [5, 5.41) is 4.31. The number of hydrogen-bond acceptors (Lipinski definition) is 4. The molecular weight excluding hydrogens is 280 g/mol. The number of nitrogens with zero attached hydrogens (tertiary/aromatic N) is 1. The molecule has 0 spiro atoms. The van der Waals surface area contributed by atoms with Crippen molar-refractivity contribution in [3.05, 3.63) is 29.8 Å². The lowest BCUT2D eigenvalue weighted by atomic mass is 10.1. The van der Waals surface area contributed by atoms with Crippen LogP contribution in [0.3, 0.4) is 0 Å². The van der Waals surface area contributed by atoms with Crippen molar-refractivity contribution in [1.82, 2.24) is 5.32 Å². The molecule has 1 aliphatic heterocycles. The minimum Gasteiger partial charge on any atom is -0.359 e. The fourth-order valence-electron chi connectivity index (χ4n) is 1.70. The molecule has 1 aromatic carbocycles. The van der Waals surface area contributed by atoms with Crippen LogP contribution in [-0.4, -0.2) is 31.1 Å². The van der Waals surface area contributed by atoms with Crippen LogP contribution in [0, 0.1) is 0 Å². The van der Waals surface area contributed by atoms with Gasteiger partial charge >= 0.3 is 0 Å². The summed E-state index contributed by atoms with van der Waals surface area (Å²) in [6.07, 6.45) is 1.21. The third kappa shape index (κ3) is 3.98. The second kappa shape index (κ2) is 5.17. The van der Waals surface area contributed by atoms with Crippen molar-refractivity contribution in [2.45, 2.75) is 30.8 Å². The SMILES string of the molecule is CC1(C)CSC(=NCc2ccc(S(C)(=O)=O)cc2)N1. The summed E-state index contributed by atoms with van der Waals surface area (Å²) in [4.78, 5) is 4.85. The maximum Gasteiger partial charge on any atom is 0.175 e. The molecule has 19 heavy (non-hydrogen) atoms. The second-order valence-electron chi connectivity index (χ2n) is 5.34. The van der Waals surface area contributed by atoms with E-state index in [1.807, 2.05) is 12.1 Å². The Kier molecular flexibility index (Phi) is 3.92. The monoisotopic (exact) mass is 298 g/mol.